The maximum Gasteiger partial charge on any atom is 0.306 e. The first-order valence-corrected chi connectivity index (χ1v) is 27.2. The van der Waals surface area contributed by atoms with Gasteiger partial charge in [-0.1, -0.05) is 240 Å². The predicted molar refractivity (Wildman–Crippen MR) is 284 cm³/mol. The molecule has 0 heterocycles. The molecule has 376 valence electrons. The lowest BCUT2D eigenvalue weighted by Gasteiger charge is -2.18. The van der Waals surface area contributed by atoms with E-state index in [1.54, 1.807) is 0 Å². The van der Waals surface area contributed by atoms with E-state index in [1.165, 1.54) is 96.3 Å². The Balaban J connectivity index is 4.26. The van der Waals surface area contributed by atoms with Crippen molar-refractivity contribution in [1.29, 1.82) is 0 Å². The first-order valence-electron chi connectivity index (χ1n) is 27.2. The maximum absolute atomic E-state index is 12.8. The predicted octanol–water partition coefficient (Wildman–Crippen LogP) is 18.1. The number of carbonyl (C=O) groups is 3. The van der Waals surface area contributed by atoms with Gasteiger partial charge in [-0.2, -0.15) is 0 Å². The van der Waals surface area contributed by atoms with E-state index in [0.29, 0.717) is 19.3 Å². The highest BCUT2D eigenvalue weighted by atomic mass is 16.6. The topological polar surface area (TPSA) is 78.9 Å². The Kier molecular flexibility index (Phi) is 50.9. The molecule has 0 saturated carbocycles. The van der Waals surface area contributed by atoms with Crippen LogP contribution in [-0.2, 0) is 28.6 Å². The number of esters is 3. The van der Waals surface area contributed by atoms with Crippen molar-refractivity contribution in [2.24, 2.45) is 0 Å². The minimum atomic E-state index is -0.790. The Morgan fingerprint density at radius 1 is 0.318 bits per heavy atom. The second-order valence-corrected chi connectivity index (χ2v) is 17.8. The molecule has 0 radical (unpaired) electrons. The summed E-state index contributed by atoms with van der Waals surface area (Å²) in [5.74, 6) is -0.945. The third kappa shape index (κ3) is 51.3. The highest BCUT2D eigenvalue weighted by Crippen LogP contribution is 2.15. The Morgan fingerprint density at radius 2 is 0.591 bits per heavy atom. The molecule has 6 nitrogen and oxygen atoms in total. The highest BCUT2D eigenvalue weighted by Gasteiger charge is 2.19. The van der Waals surface area contributed by atoms with E-state index in [2.05, 4.69) is 118 Å². The van der Waals surface area contributed by atoms with Crippen LogP contribution in [0.1, 0.15) is 245 Å². The Labute approximate surface area is 407 Å². The van der Waals surface area contributed by atoms with Gasteiger partial charge in [0.1, 0.15) is 13.2 Å². The summed E-state index contributed by atoms with van der Waals surface area (Å²) < 4.78 is 16.7. The van der Waals surface area contributed by atoms with Crippen molar-refractivity contribution in [3.8, 4) is 0 Å². The number of hydrogen-bond acceptors (Lipinski definition) is 6. The Bertz CT molecular complexity index is 1330. The molecule has 0 aliphatic carbocycles. The van der Waals surface area contributed by atoms with Crippen molar-refractivity contribution in [3.63, 3.8) is 0 Å². The Hall–Kier alpha value is -3.67. The molecule has 0 bridgehead atoms. The minimum Gasteiger partial charge on any atom is -0.462 e. The fraction of sp³-hybridized carbons (Fsp3) is 0.683. The average molecular weight is 917 g/mol. The first kappa shape index (κ1) is 62.3. The van der Waals surface area contributed by atoms with Crippen LogP contribution in [0.2, 0.25) is 0 Å². The summed E-state index contributed by atoms with van der Waals surface area (Å²) in [7, 11) is 0. The van der Waals surface area contributed by atoms with Crippen LogP contribution in [-0.4, -0.2) is 37.2 Å². The van der Waals surface area contributed by atoms with Gasteiger partial charge in [0.25, 0.3) is 0 Å². The molecular formula is C60H100O6. The number of allylic oxidation sites excluding steroid dienone is 16. The van der Waals surface area contributed by atoms with Crippen LogP contribution >= 0.6 is 0 Å². The first-order chi connectivity index (χ1) is 32.5. The van der Waals surface area contributed by atoms with E-state index in [9.17, 15) is 14.4 Å². The third-order valence-corrected chi connectivity index (χ3v) is 11.4. The molecule has 0 spiro atoms. The zero-order chi connectivity index (χ0) is 47.9. The van der Waals surface area contributed by atoms with E-state index >= 15 is 0 Å². The van der Waals surface area contributed by atoms with Crippen molar-refractivity contribution < 1.29 is 28.6 Å². The van der Waals surface area contributed by atoms with Crippen molar-refractivity contribution in [2.45, 2.75) is 252 Å². The second-order valence-electron chi connectivity index (χ2n) is 17.8. The van der Waals surface area contributed by atoms with E-state index < -0.39 is 6.10 Å². The van der Waals surface area contributed by atoms with E-state index in [-0.39, 0.29) is 31.1 Å². The maximum atomic E-state index is 12.8. The fourth-order valence-electron chi connectivity index (χ4n) is 7.28. The van der Waals surface area contributed by atoms with E-state index in [4.69, 9.17) is 14.2 Å². The van der Waals surface area contributed by atoms with Crippen molar-refractivity contribution >= 4 is 17.9 Å². The molecule has 0 aliphatic heterocycles. The van der Waals surface area contributed by atoms with Crippen LogP contribution in [0.4, 0.5) is 0 Å². The van der Waals surface area contributed by atoms with Crippen LogP contribution in [0.15, 0.2) is 97.2 Å². The van der Waals surface area contributed by atoms with Crippen LogP contribution in [0.25, 0.3) is 0 Å². The lowest BCUT2D eigenvalue weighted by atomic mass is 10.0. The molecule has 6 heteroatoms. The Morgan fingerprint density at radius 3 is 0.924 bits per heavy atom. The van der Waals surface area contributed by atoms with E-state index in [0.717, 1.165) is 109 Å². The second kappa shape index (κ2) is 53.9. The molecule has 0 aromatic rings. The van der Waals surface area contributed by atoms with Gasteiger partial charge in [-0.05, 0) is 83.5 Å². The summed E-state index contributed by atoms with van der Waals surface area (Å²) in [6, 6.07) is 0. The number of hydrogen-bond donors (Lipinski definition) is 0. The van der Waals surface area contributed by atoms with E-state index in [1.807, 2.05) is 0 Å². The normalized spacial score (nSPS) is 12.8. The summed E-state index contributed by atoms with van der Waals surface area (Å²) in [6.45, 7) is 6.43. The zero-order valence-electron chi connectivity index (χ0n) is 42.9. The van der Waals surface area contributed by atoms with Gasteiger partial charge in [0.15, 0.2) is 6.10 Å². The lowest BCUT2D eigenvalue weighted by molar-refractivity contribution is -0.167. The summed E-state index contributed by atoms with van der Waals surface area (Å²) in [6.07, 6.45) is 71.4. The molecule has 0 rings (SSSR count). The van der Waals surface area contributed by atoms with Crippen LogP contribution in [0.5, 0.6) is 0 Å². The molecule has 0 aliphatic rings. The molecule has 1 unspecified atom stereocenters. The molecule has 0 N–H and O–H groups in total. The average Bonchev–Trinajstić information content (AvgIpc) is 3.31. The van der Waals surface area contributed by atoms with Crippen LogP contribution in [0, 0.1) is 0 Å². The molecular weight excluding hydrogens is 817 g/mol. The monoisotopic (exact) mass is 917 g/mol. The molecule has 0 amide bonds. The van der Waals surface area contributed by atoms with Gasteiger partial charge in [-0.15, -0.1) is 0 Å². The molecule has 0 aromatic heterocycles. The number of carbonyl (C=O) groups excluding carboxylic acids is 3. The summed E-state index contributed by atoms with van der Waals surface area (Å²) in [5, 5.41) is 0. The van der Waals surface area contributed by atoms with Crippen LogP contribution in [0.3, 0.4) is 0 Å². The van der Waals surface area contributed by atoms with Crippen LogP contribution < -0.4 is 0 Å². The largest absolute Gasteiger partial charge is 0.462 e. The summed E-state index contributed by atoms with van der Waals surface area (Å²) in [4.78, 5) is 37.8. The summed E-state index contributed by atoms with van der Waals surface area (Å²) >= 11 is 0. The van der Waals surface area contributed by atoms with Crippen molar-refractivity contribution in [3.05, 3.63) is 97.2 Å². The van der Waals surface area contributed by atoms with Crippen molar-refractivity contribution in [1.82, 2.24) is 0 Å². The lowest BCUT2D eigenvalue weighted by Crippen LogP contribution is -2.30. The number of unbranched alkanes of at least 4 members (excludes halogenated alkanes) is 21. The molecule has 0 aromatic carbocycles. The van der Waals surface area contributed by atoms with Gasteiger partial charge in [-0.3, -0.25) is 14.4 Å². The molecule has 0 saturated heterocycles. The number of rotatable bonds is 48. The SMILES string of the molecule is CC/C=C\C/C=C\C/C=C\C/C=C\C/C=C\C/C=C\C/C=C\C/C=C\CCCCC(=O)OCC(COC(=O)CCCCCCCC)OC(=O)CCCCCCCCCCCCCCCCC. The fourth-order valence-corrected chi connectivity index (χ4v) is 7.28. The molecule has 66 heavy (non-hydrogen) atoms. The van der Waals surface area contributed by atoms with Crippen molar-refractivity contribution in [2.75, 3.05) is 13.2 Å². The van der Waals surface area contributed by atoms with Gasteiger partial charge < -0.3 is 14.2 Å². The van der Waals surface area contributed by atoms with Gasteiger partial charge in [0.05, 0.1) is 0 Å². The number of ether oxygens (including phenoxy) is 3. The van der Waals surface area contributed by atoms with Gasteiger partial charge >= 0.3 is 17.9 Å². The van der Waals surface area contributed by atoms with Gasteiger partial charge in [0, 0.05) is 19.3 Å². The molecule has 1 atom stereocenters. The highest BCUT2D eigenvalue weighted by molar-refractivity contribution is 5.71. The standard InChI is InChI=1S/C60H100O6/c1-4-7-10-13-16-18-20-22-24-25-26-27-28-29-30-31-32-33-34-35-37-38-40-42-44-47-50-53-59(62)65-56-57(55-64-58(61)52-49-46-15-12-9-6-3)66-60(63)54-51-48-45-43-41-39-36-23-21-19-17-14-11-8-5-2/h7,10,16,18,22,24,26-27,29-30,32-33,35,37,40,42,57H,4-6,8-9,11-15,17,19-21,23,25,28,31,34,36,38-39,41,43-56H2,1-3H3/b10-7-,18-16-,24-22-,27-26-,30-29-,33-32-,37-35-,42-40-. The van der Waals surface area contributed by atoms with Gasteiger partial charge in [-0.25, -0.2) is 0 Å². The quantitative estimate of drug-likeness (QED) is 0.0262. The zero-order valence-corrected chi connectivity index (χ0v) is 42.9. The third-order valence-electron chi connectivity index (χ3n) is 11.4. The molecule has 0 fully saturated rings. The van der Waals surface area contributed by atoms with Gasteiger partial charge in [0.2, 0.25) is 0 Å². The summed E-state index contributed by atoms with van der Waals surface area (Å²) in [5.41, 5.74) is 0. The smallest absolute Gasteiger partial charge is 0.306 e. The minimum absolute atomic E-state index is 0.0901.